The third kappa shape index (κ3) is 1.27. The lowest BCUT2D eigenvalue weighted by atomic mass is 10.6. The van der Waals surface area contributed by atoms with Crippen molar-refractivity contribution in [2.45, 2.75) is 4.84 Å². The molecule has 0 aliphatic rings. The standard InChI is InChI=1S/C5H3Cl2N5O/c6-3(7)4(13)11-1-2-12-5(11)8-9-10-12/h1-3H/p+1. The molecule has 6 nitrogen and oxygen atoms in total. The summed E-state index contributed by atoms with van der Waals surface area (Å²) in [5.74, 6) is -0.115. The van der Waals surface area contributed by atoms with Crippen molar-refractivity contribution in [1.29, 1.82) is 0 Å². The lowest BCUT2D eigenvalue weighted by Gasteiger charge is -1.94. The minimum atomic E-state index is -1.10. The Balaban J connectivity index is 2.54. The van der Waals surface area contributed by atoms with E-state index in [2.05, 4.69) is 15.5 Å². The van der Waals surface area contributed by atoms with Crippen molar-refractivity contribution >= 4 is 34.9 Å². The molecule has 0 saturated carbocycles. The Morgan fingerprint density at radius 2 is 2.46 bits per heavy atom. The fraction of sp³-hybridized carbons (Fsp3) is 0.200. The molecule has 0 aliphatic carbocycles. The van der Waals surface area contributed by atoms with Crippen molar-refractivity contribution in [2.24, 2.45) is 0 Å². The minimum Gasteiger partial charge on any atom is -0.257 e. The van der Waals surface area contributed by atoms with Gasteiger partial charge in [0.2, 0.25) is 0 Å². The van der Waals surface area contributed by atoms with Crippen molar-refractivity contribution < 1.29 is 9.31 Å². The zero-order chi connectivity index (χ0) is 9.42. The smallest absolute Gasteiger partial charge is 0.257 e. The van der Waals surface area contributed by atoms with Gasteiger partial charge in [0.25, 0.3) is 0 Å². The van der Waals surface area contributed by atoms with Crippen molar-refractivity contribution in [1.82, 2.24) is 20.1 Å². The van der Waals surface area contributed by atoms with Crippen LogP contribution in [0.25, 0.3) is 5.78 Å². The molecule has 0 aliphatic heterocycles. The first kappa shape index (κ1) is 8.46. The van der Waals surface area contributed by atoms with Gasteiger partial charge < -0.3 is 0 Å². The zero-order valence-corrected chi connectivity index (χ0v) is 7.70. The number of nitrogens with zero attached hydrogens (tertiary/aromatic N) is 4. The number of hydrogen-bond donors (Lipinski definition) is 1. The third-order valence-electron chi connectivity index (χ3n) is 1.51. The molecule has 0 amide bonds. The molecule has 0 bridgehead atoms. The van der Waals surface area contributed by atoms with E-state index in [0.717, 1.165) is 0 Å². The van der Waals surface area contributed by atoms with Crippen LogP contribution in [0.5, 0.6) is 0 Å². The van der Waals surface area contributed by atoms with Crippen LogP contribution in [-0.2, 0) is 0 Å². The zero-order valence-electron chi connectivity index (χ0n) is 6.19. The van der Waals surface area contributed by atoms with Gasteiger partial charge in [-0.05, 0) is 0 Å². The van der Waals surface area contributed by atoms with Crippen molar-refractivity contribution in [3.63, 3.8) is 0 Å². The van der Waals surface area contributed by atoms with Crippen LogP contribution < -0.4 is 4.52 Å². The summed E-state index contributed by atoms with van der Waals surface area (Å²) in [7, 11) is 0. The number of carbonyl (C=O) groups is 1. The molecule has 1 N–H and O–H groups in total. The number of tetrazole rings is 1. The molecule has 2 aromatic heterocycles. The quantitative estimate of drug-likeness (QED) is 0.535. The molecule has 2 aromatic rings. The Morgan fingerprint density at radius 1 is 1.69 bits per heavy atom. The maximum Gasteiger partial charge on any atom is 0.418 e. The normalized spacial score (nSPS) is 11.3. The van der Waals surface area contributed by atoms with Crippen LogP contribution in [0.3, 0.4) is 0 Å². The average molecular weight is 221 g/mol. The molecule has 0 aromatic carbocycles. The summed E-state index contributed by atoms with van der Waals surface area (Å²) in [6.07, 6.45) is 3.09. The van der Waals surface area contributed by atoms with Crippen LogP contribution in [0.4, 0.5) is 0 Å². The second kappa shape index (κ2) is 2.97. The topological polar surface area (TPSA) is 67.7 Å². The summed E-state index contributed by atoms with van der Waals surface area (Å²) in [4.78, 5) is 10.2. The maximum atomic E-state index is 11.3. The van der Waals surface area contributed by atoms with E-state index in [1.807, 2.05) is 0 Å². The number of aromatic amines is 1. The second-order valence-corrected chi connectivity index (χ2v) is 3.37. The van der Waals surface area contributed by atoms with Crippen LogP contribution in [0.1, 0.15) is 4.79 Å². The molecule has 68 valence electrons. The Hall–Kier alpha value is -1.14. The first-order chi connectivity index (χ1) is 6.20. The van der Waals surface area contributed by atoms with E-state index in [1.165, 1.54) is 15.3 Å². The number of carbonyl (C=O) groups excluding carboxylic acids is 1. The summed E-state index contributed by atoms with van der Waals surface area (Å²) in [5, 5.41) is 9.69. The predicted octanol–water partition coefficient (Wildman–Crippen LogP) is -0.211. The summed E-state index contributed by atoms with van der Waals surface area (Å²) in [6.45, 7) is 0. The third-order valence-corrected chi connectivity index (χ3v) is 1.89. The molecular weight excluding hydrogens is 217 g/mol. The first-order valence-corrected chi connectivity index (χ1v) is 4.19. The summed E-state index contributed by atoms with van der Waals surface area (Å²) < 4.78 is 2.68. The van der Waals surface area contributed by atoms with Crippen LogP contribution in [0, 0.1) is 0 Å². The Bertz CT molecular complexity index is 446. The highest BCUT2D eigenvalue weighted by Crippen LogP contribution is 2.06. The molecule has 2 heterocycles. The number of nitrogens with one attached hydrogen (secondary N) is 1. The van der Waals surface area contributed by atoms with E-state index >= 15 is 0 Å². The molecule has 0 spiro atoms. The minimum absolute atomic E-state index is 0.344. The van der Waals surface area contributed by atoms with E-state index < -0.39 is 10.7 Å². The predicted molar refractivity (Wildman–Crippen MR) is 43.7 cm³/mol. The number of imidazole rings is 1. The molecule has 13 heavy (non-hydrogen) atoms. The van der Waals surface area contributed by atoms with Gasteiger partial charge in [0.1, 0.15) is 11.4 Å². The number of hydrogen-bond acceptors (Lipinski definition) is 3. The van der Waals surface area contributed by atoms with Crippen LogP contribution in [-0.4, -0.2) is 30.8 Å². The Kier molecular flexibility index (Phi) is 1.93. The van der Waals surface area contributed by atoms with E-state index in [9.17, 15) is 4.79 Å². The van der Waals surface area contributed by atoms with Gasteiger partial charge in [0, 0.05) is 0 Å². The van der Waals surface area contributed by atoms with Gasteiger partial charge in [-0.1, -0.05) is 28.4 Å². The highest BCUT2D eigenvalue weighted by molar-refractivity contribution is 6.53. The highest BCUT2D eigenvalue weighted by atomic mass is 35.5. The number of fused-ring (bicyclic) bond motifs is 1. The molecular formula is C5H4Cl2N5O+. The second-order valence-electron chi connectivity index (χ2n) is 2.28. The highest BCUT2D eigenvalue weighted by Gasteiger charge is 2.23. The summed E-state index contributed by atoms with van der Waals surface area (Å²) in [5.41, 5.74) is 0. The Labute approximate surface area is 82.0 Å². The lowest BCUT2D eigenvalue weighted by Crippen LogP contribution is -2.24. The fourth-order valence-electron chi connectivity index (χ4n) is 0.950. The van der Waals surface area contributed by atoms with Crippen LogP contribution in [0.2, 0.25) is 0 Å². The van der Waals surface area contributed by atoms with Crippen LogP contribution in [0.15, 0.2) is 12.4 Å². The molecule has 2 rings (SSSR count). The van der Waals surface area contributed by atoms with E-state index in [1.54, 1.807) is 6.20 Å². The van der Waals surface area contributed by atoms with Crippen molar-refractivity contribution in [3.8, 4) is 0 Å². The van der Waals surface area contributed by atoms with Crippen molar-refractivity contribution in [3.05, 3.63) is 12.4 Å². The van der Waals surface area contributed by atoms with Crippen LogP contribution >= 0.6 is 23.2 Å². The summed E-state index contributed by atoms with van der Waals surface area (Å²) >= 11 is 10.8. The lowest BCUT2D eigenvalue weighted by molar-refractivity contribution is -0.580. The van der Waals surface area contributed by atoms with Crippen molar-refractivity contribution in [2.75, 3.05) is 0 Å². The van der Waals surface area contributed by atoms with Gasteiger partial charge in [-0.3, -0.25) is 4.79 Å². The van der Waals surface area contributed by atoms with Gasteiger partial charge in [-0.15, -0.1) is 4.52 Å². The largest absolute Gasteiger partial charge is 0.418 e. The number of aromatic nitrogens is 5. The van der Waals surface area contributed by atoms with Gasteiger partial charge >= 0.3 is 11.7 Å². The van der Waals surface area contributed by atoms with Gasteiger partial charge in [-0.25, -0.2) is 0 Å². The molecule has 0 fully saturated rings. The number of alkyl halides is 2. The van der Waals surface area contributed by atoms with Gasteiger partial charge in [0.05, 0.1) is 11.3 Å². The molecule has 0 atom stereocenters. The van der Waals surface area contributed by atoms with E-state index in [4.69, 9.17) is 23.2 Å². The van der Waals surface area contributed by atoms with Gasteiger partial charge in [-0.2, -0.15) is 4.57 Å². The van der Waals surface area contributed by atoms with E-state index in [-0.39, 0.29) is 0 Å². The first-order valence-electron chi connectivity index (χ1n) is 3.32. The average Bonchev–Trinajstić information content (AvgIpc) is 2.61. The maximum absolute atomic E-state index is 11.3. The SMILES string of the molecule is O=C(C(Cl)Cl)n1cc[n+]2[nH]nnc12. The van der Waals surface area contributed by atoms with Gasteiger partial charge in [0.15, 0.2) is 4.84 Å². The number of halogens is 2. The molecule has 0 unspecified atom stereocenters. The molecule has 0 saturated heterocycles. The monoisotopic (exact) mass is 220 g/mol. The summed E-state index contributed by atoms with van der Waals surface area (Å²) in [6, 6.07) is 0. The number of H-pyrrole nitrogens is 1. The molecule has 8 heteroatoms. The number of rotatable bonds is 1. The fourth-order valence-corrected chi connectivity index (χ4v) is 1.16. The van der Waals surface area contributed by atoms with E-state index in [0.29, 0.717) is 5.78 Å². The Morgan fingerprint density at radius 3 is 3.15 bits per heavy atom. The molecule has 0 radical (unpaired) electrons.